The summed E-state index contributed by atoms with van der Waals surface area (Å²) < 4.78 is 1.74. The van der Waals surface area contributed by atoms with Gasteiger partial charge in [0.2, 0.25) is 0 Å². The zero-order valence-electron chi connectivity index (χ0n) is 14.3. The quantitative estimate of drug-likeness (QED) is 0.617. The molecule has 1 N–H and O–H groups in total. The van der Waals surface area contributed by atoms with Crippen LogP contribution in [0.2, 0.25) is 0 Å². The fourth-order valence-electron chi connectivity index (χ4n) is 2.81. The molecule has 0 aromatic carbocycles. The average molecular weight is 344 g/mol. The summed E-state index contributed by atoms with van der Waals surface area (Å²) in [7, 11) is 0. The van der Waals surface area contributed by atoms with E-state index in [4.69, 9.17) is 0 Å². The molecule has 1 amide bonds. The molecule has 0 saturated heterocycles. The van der Waals surface area contributed by atoms with E-state index < -0.39 is 0 Å². The number of rotatable bonds is 3. The highest BCUT2D eigenvalue weighted by Crippen LogP contribution is 2.25. The van der Waals surface area contributed by atoms with E-state index in [1.165, 1.54) is 0 Å². The Morgan fingerprint density at radius 1 is 1.19 bits per heavy atom. The van der Waals surface area contributed by atoms with Crippen LogP contribution in [0.3, 0.4) is 0 Å². The van der Waals surface area contributed by atoms with Crippen LogP contribution in [0.15, 0.2) is 55.2 Å². The van der Waals surface area contributed by atoms with E-state index in [9.17, 15) is 4.79 Å². The zero-order chi connectivity index (χ0) is 18.1. The Hall–Kier alpha value is -3.61. The van der Waals surface area contributed by atoms with Gasteiger partial charge in [0.1, 0.15) is 12.1 Å². The lowest BCUT2D eigenvalue weighted by Gasteiger charge is -2.10. The van der Waals surface area contributed by atoms with Crippen LogP contribution in [0.1, 0.15) is 21.6 Å². The van der Waals surface area contributed by atoms with Crippen molar-refractivity contribution >= 4 is 17.4 Å². The van der Waals surface area contributed by atoms with E-state index in [-0.39, 0.29) is 5.91 Å². The molecule has 0 spiro atoms. The summed E-state index contributed by atoms with van der Waals surface area (Å²) in [6.07, 6.45) is 6.99. The van der Waals surface area contributed by atoms with E-state index in [2.05, 4.69) is 25.5 Å². The van der Waals surface area contributed by atoms with Gasteiger partial charge in [-0.3, -0.25) is 14.2 Å². The minimum Gasteiger partial charge on any atom is -0.306 e. The molecule has 0 unspecified atom stereocenters. The maximum absolute atomic E-state index is 12.9. The molecule has 0 aliphatic carbocycles. The van der Waals surface area contributed by atoms with Gasteiger partial charge in [0.05, 0.1) is 5.56 Å². The molecule has 0 atom stereocenters. The van der Waals surface area contributed by atoms with Crippen LogP contribution in [-0.2, 0) is 0 Å². The Labute approximate surface area is 149 Å². The molecular formula is C19H16N6O. The lowest BCUT2D eigenvalue weighted by molar-refractivity contribution is 0.102. The predicted molar refractivity (Wildman–Crippen MR) is 97.9 cm³/mol. The number of pyridine rings is 3. The van der Waals surface area contributed by atoms with Gasteiger partial charge in [-0.2, -0.15) is 0 Å². The second kappa shape index (κ2) is 6.36. The van der Waals surface area contributed by atoms with Gasteiger partial charge in [0, 0.05) is 35.4 Å². The van der Waals surface area contributed by atoms with Crippen LogP contribution in [-0.4, -0.2) is 30.5 Å². The van der Waals surface area contributed by atoms with Crippen LogP contribution in [0.4, 0.5) is 5.82 Å². The first-order valence-corrected chi connectivity index (χ1v) is 8.11. The standard InChI is InChI=1S/C19H16N6O/c1-12-6-7-20-9-16(12)14-8-15(18-24-21-11-25(18)10-14)19(26)23-17-5-3-4-13(2)22-17/h3-11H,1-2H3,(H,22,23,26). The summed E-state index contributed by atoms with van der Waals surface area (Å²) in [6.45, 7) is 3.88. The van der Waals surface area contributed by atoms with Crippen molar-refractivity contribution in [2.75, 3.05) is 5.32 Å². The van der Waals surface area contributed by atoms with Crippen molar-refractivity contribution in [2.45, 2.75) is 13.8 Å². The van der Waals surface area contributed by atoms with Gasteiger partial charge in [-0.1, -0.05) is 6.07 Å². The molecular weight excluding hydrogens is 328 g/mol. The fourth-order valence-corrected chi connectivity index (χ4v) is 2.81. The van der Waals surface area contributed by atoms with Crippen molar-refractivity contribution < 1.29 is 4.79 Å². The number of amides is 1. The number of carbonyl (C=O) groups excluding carboxylic acids is 1. The third-order valence-electron chi connectivity index (χ3n) is 4.12. The lowest BCUT2D eigenvalue weighted by Crippen LogP contribution is -2.15. The van der Waals surface area contributed by atoms with Crippen molar-refractivity contribution in [1.29, 1.82) is 0 Å². The maximum atomic E-state index is 12.9. The number of anilines is 1. The van der Waals surface area contributed by atoms with Gasteiger partial charge in [-0.05, 0) is 43.7 Å². The SMILES string of the molecule is Cc1cccc(NC(=O)c2cc(-c3cnccc3C)cn3cnnc23)n1. The first kappa shape index (κ1) is 15.9. The second-order valence-corrected chi connectivity index (χ2v) is 6.01. The second-order valence-electron chi connectivity index (χ2n) is 6.01. The van der Waals surface area contributed by atoms with Crippen molar-refractivity contribution in [2.24, 2.45) is 0 Å². The van der Waals surface area contributed by atoms with Gasteiger partial charge in [-0.25, -0.2) is 4.98 Å². The van der Waals surface area contributed by atoms with Crippen molar-refractivity contribution in [3.05, 3.63) is 72.1 Å². The molecule has 0 bridgehead atoms. The Morgan fingerprint density at radius 2 is 2.08 bits per heavy atom. The number of carbonyl (C=O) groups is 1. The monoisotopic (exact) mass is 344 g/mol. The first-order chi connectivity index (χ1) is 12.6. The number of nitrogens with zero attached hydrogens (tertiary/aromatic N) is 5. The van der Waals surface area contributed by atoms with Crippen LogP contribution in [0.5, 0.6) is 0 Å². The number of fused-ring (bicyclic) bond motifs is 1. The molecule has 4 aromatic rings. The predicted octanol–water partition coefficient (Wildman–Crippen LogP) is 3.06. The summed E-state index contributed by atoms with van der Waals surface area (Å²) >= 11 is 0. The van der Waals surface area contributed by atoms with Crippen LogP contribution >= 0.6 is 0 Å². The van der Waals surface area contributed by atoms with E-state index in [1.807, 2.05) is 38.2 Å². The molecule has 26 heavy (non-hydrogen) atoms. The molecule has 4 rings (SSSR count). The van der Waals surface area contributed by atoms with Gasteiger partial charge < -0.3 is 5.32 Å². The summed E-state index contributed by atoms with van der Waals surface area (Å²) in [4.78, 5) is 21.4. The molecule has 7 nitrogen and oxygen atoms in total. The zero-order valence-corrected chi connectivity index (χ0v) is 14.3. The van der Waals surface area contributed by atoms with E-state index in [0.29, 0.717) is 17.0 Å². The highest BCUT2D eigenvalue weighted by Gasteiger charge is 2.16. The topological polar surface area (TPSA) is 85.1 Å². The molecule has 0 fully saturated rings. The minimum absolute atomic E-state index is 0.288. The molecule has 4 heterocycles. The third-order valence-corrected chi connectivity index (χ3v) is 4.12. The Kier molecular flexibility index (Phi) is 3.89. The molecule has 7 heteroatoms. The molecule has 0 aliphatic rings. The Bertz CT molecular complexity index is 1120. The Morgan fingerprint density at radius 3 is 2.88 bits per heavy atom. The lowest BCUT2D eigenvalue weighted by atomic mass is 10.0. The number of aromatic nitrogens is 5. The summed E-state index contributed by atoms with van der Waals surface area (Å²) in [5, 5.41) is 10.8. The molecule has 0 aliphatic heterocycles. The van der Waals surface area contributed by atoms with Crippen molar-refractivity contribution in [3.8, 4) is 11.1 Å². The molecule has 128 valence electrons. The summed E-state index contributed by atoms with van der Waals surface area (Å²) in [6, 6.07) is 9.21. The van der Waals surface area contributed by atoms with Gasteiger partial charge >= 0.3 is 0 Å². The van der Waals surface area contributed by atoms with Gasteiger partial charge in [0.15, 0.2) is 5.65 Å². The average Bonchev–Trinajstić information content (AvgIpc) is 3.10. The van der Waals surface area contributed by atoms with Gasteiger partial charge in [0.25, 0.3) is 5.91 Å². The summed E-state index contributed by atoms with van der Waals surface area (Å²) in [5.74, 6) is 0.208. The first-order valence-electron chi connectivity index (χ1n) is 8.11. The fraction of sp³-hybridized carbons (Fsp3) is 0.105. The number of nitrogens with one attached hydrogen (secondary N) is 1. The number of hydrogen-bond donors (Lipinski definition) is 1. The van der Waals surface area contributed by atoms with Crippen LogP contribution in [0, 0.1) is 13.8 Å². The third kappa shape index (κ3) is 2.90. The number of aryl methyl sites for hydroxylation is 2. The van der Waals surface area contributed by atoms with Crippen molar-refractivity contribution in [1.82, 2.24) is 24.6 Å². The highest BCUT2D eigenvalue weighted by atomic mass is 16.1. The highest BCUT2D eigenvalue weighted by molar-refractivity contribution is 6.08. The molecule has 0 saturated carbocycles. The Balaban J connectivity index is 1.80. The van der Waals surface area contributed by atoms with Crippen LogP contribution in [0.25, 0.3) is 16.8 Å². The normalized spacial score (nSPS) is 10.8. The van der Waals surface area contributed by atoms with E-state index >= 15 is 0 Å². The number of hydrogen-bond acceptors (Lipinski definition) is 5. The minimum atomic E-state index is -0.288. The van der Waals surface area contributed by atoms with Crippen LogP contribution < -0.4 is 5.32 Å². The molecule has 4 aromatic heterocycles. The maximum Gasteiger partial charge on any atom is 0.260 e. The summed E-state index contributed by atoms with van der Waals surface area (Å²) in [5.41, 5.74) is 4.62. The van der Waals surface area contributed by atoms with Gasteiger partial charge in [-0.15, -0.1) is 10.2 Å². The largest absolute Gasteiger partial charge is 0.306 e. The molecule has 0 radical (unpaired) electrons. The smallest absolute Gasteiger partial charge is 0.260 e. The van der Waals surface area contributed by atoms with E-state index in [0.717, 1.165) is 22.4 Å². The van der Waals surface area contributed by atoms with Crippen molar-refractivity contribution in [3.63, 3.8) is 0 Å². The van der Waals surface area contributed by atoms with E-state index in [1.54, 1.807) is 35.3 Å².